The first-order valence-electron chi connectivity index (χ1n) is 6.68. The number of benzene rings is 1. The second kappa shape index (κ2) is 6.09. The Morgan fingerprint density at radius 2 is 2.00 bits per heavy atom. The van der Waals surface area contributed by atoms with Gasteiger partial charge < -0.3 is 5.73 Å². The molecule has 1 aromatic heterocycles. The first-order chi connectivity index (χ1) is 9.55. The van der Waals surface area contributed by atoms with Crippen LogP contribution in [0, 0.1) is 11.6 Å². The van der Waals surface area contributed by atoms with E-state index in [0.717, 1.165) is 30.6 Å². The lowest BCUT2D eigenvalue weighted by molar-refractivity contribution is 0.481. The molecular weight excluding hydrogens is 262 g/mol. The fraction of sp³-hybridized carbons (Fsp3) is 0.429. The molecule has 0 saturated carbocycles. The van der Waals surface area contributed by atoms with Gasteiger partial charge in [0.2, 0.25) is 0 Å². The monoisotopic (exact) mass is 280 g/mol. The van der Waals surface area contributed by atoms with E-state index in [-0.39, 0.29) is 5.56 Å². The fourth-order valence-electron chi connectivity index (χ4n) is 2.07. The quantitative estimate of drug-likeness (QED) is 0.915. The SMILES string of the molecule is CCc1nc(CC)n(CC(N)c2ccc(F)cc2F)n1. The van der Waals surface area contributed by atoms with Gasteiger partial charge in [0, 0.05) is 24.5 Å². The summed E-state index contributed by atoms with van der Waals surface area (Å²) < 4.78 is 28.3. The van der Waals surface area contributed by atoms with Gasteiger partial charge in [-0.05, 0) is 6.07 Å². The maximum Gasteiger partial charge on any atom is 0.150 e. The molecule has 108 valence electrons. The smallest absolute Gasteiger partial charge is 0.150 e. The minimum atomic E-state index is -0.633. The molecule has 0 aliphatic rings. The highest BCUT2D eigenvalue weighted by Crippen LogP contribution is 2.18. The van der Waals surface area contributed by atoms with Crippen LogP contribution in [0.4, 0.5) is 8.78 Å². The number of aromatic nitrogens is 3. The van der Waals surface area contributed by atoms with Crippen LogP contribution in [0.2, 0.25) is 0 Å². The topological polar surface area (TPSA) is 56.7 Å². The molecule has 4 nitrogen and oxygen atoms in total. The molecule has 1 atom stereocenters. The van der Waals surface area contributed by atoms with Crippen molar-refractivity contribution in [1.82, 2.24) is 14.8 Å². The van der Waals surface area contributed by atoms with Crippen molar-refractivity contribution in [3.63, 3.8) is 0 Å². The Labute approximate surface area is 116 Å². The zero-order valence-electron chi connectivity index (χ0n) is 11.6. The second-order valence-corrected chi connectivity index (χ2v) is 4.61. The molecule has 0 amide bonds. The maximum atomic E-state index is 13.7. The Balaban J connectivity index is 2.22. The van der Waals surface area contributed by atoms with E-state index < -0.39 is 17.7 Å². The van der Waals surface area contributed by atoms with Crippen molar-refractivity contribution in [3.05, 3.63) is 47.0 Å². The summed E-state index contributed by atoms with van der Waals surface area (Å²) in [6, 6.07) is 2.83. The summed E-state index contributed by atoms with van der Waals surface area (Å²) in [5.74, 6) is 0.321. The van der Waals surface area contributed by atoms with Crippen LogP contribution in [0.25, 0.3) is 0 Å². The summed E-state index contributed by atoms with van der Waals surface area (Å²) in [7, 11) is 0. The molecule has 6 heteroatoms. The molecule has 20 heavy (non-hydrogen) atoms. The van der Waals surface area contributed by atoms with Crippen molar-refractivity contribution in [2.75, 3.05) is 0 Å². The molecule has 0 bridgehead atoms. The van der Waals surface area contributed by atoms with Gasteiger partial charge in [-0.15, -0.1) is 0 Å². The number of rotatable bonds is 5. The van der Waals surface area contributed by atoms with Crippen LogP contribution in [-0.2, 0) is 19.4 Å². The molecule has 2 aromatic rings. The molecule has 1 aromatic carbocycles. The molecule has 0 aliphatic carbocycles. The molecule has 0 saturated heterocycles. The number of nitrogens with two attached hydrogens (primary N) is 1. The lowest BCUT2D eigenvalue weighted by Gasteiger charge is -2.14. The molecule has 2 rings (SSSR count). The van der Waals surface area contributed by atoms with E-state index in [9.17, 15) is 8.78 Å². The van der Waals surface area contributed by atoms with Crippen molar-refractivity contribution >= 4 is 0 Å². The minimum absolute atomic E-state index is 0.280. The zero-order chi connectivity index (χ0) is 14.7. The molecule has 0 aliphatic heterocycles. The van der Waals surface area contributed by atoms with Gasteiger partial charge in [-0.25, -0.2) is 18.4 Å². The van der Waals surface area contributed by atoms with Crippen molar-refractivity contribution < 1.29 is 8.78 Å². The molecule has 1 heterocycles. The lowest BCUT2D eigenvalue weighted by Crippen LogP contribution is -2.21. The van der Waals surface area contributed by atoms with Gasteiger partial charge >= 0.3 is 0 Å². The predicted molar refractivity (Wildman–Crippen MR) is 72.1 cm³/mol. The van der Waals surface area contributed by atoms with Crippen LogP contribution in [-0.4, -0.2) is 14.8 Å². The van der Waals surface area contributed by atoms with Gasteiger partial charge in [0.15, 0.2) is 5.82 Å². The van der Waals surface area contributed by atoms with Crippen LogP contribution in [0.1, 0.15) is 37.1 Å². The van der Waals surface area contributed by atoms with E-state index in [1.54, 1.807) is 4.68 Å². The van der Waals surface area contributed by atoms with Crippen molar-refractivity contribution in [2.24, 2.45) is 5.73 Å². The average molecular weight is 280 g/mol. The standard InChI is InChI=1S/C14H18F2N4/c1-3-13-18-14(4-2)20(19-13)8-12(17)10-6-5-9(15)7-11(10)16/h5-7,12H,3-4,8,17H2,1-2H3. The van der Waals surface area contributed by atoms with Gasteiger partial charge in [0.05, 0.1) is 12.6 Å². The molecule has 1 unspecified atom stereocenters. The van der Waals surface area contributed by atoms with E-state index in [0.29, 0.717) is 6.54 Å². The normalized spacial score (nSPS) is 12.7. The van der Waals surface area contributed by atoms with E-state index in [2.05, 4.69) is 10.1 Å². The Kier molecular flexibility index (Phi) is 4.44. The summed E-state index contributed by atoms with van der Waals surface area (Å²) in [5, 5.41) is 4.34. The fourth-order valence-corrected chi connectivity index (χ4v) is 2.07. The summed E-state index contributed by atoms with van der Waals surface area (Å²) in [6.45, 7) is 4.27. The Hall–Kier alpha value is -1.82. The van der Waals surface area contributed by atoms with E-state index >= 15 is 0 Å². The van der Waals surface area contributed by atoms with E-state index in [4.69, 9.17) is 5.73 Å². The molecule has 2 N–H and O–H groups in total. The van der Waals surface area contributed by atoms with Gasteiger partial charge in [-0.2, -0.15) is 5.10 Å². The highest BCUT2D eigenvalue weighted by molar-refractivity contribution is 5.21. The first kappa shape index (κ1) is 14.6. The van der Waals surface area contributed by atoms with Gasteiger partial charge in [-0.3, -0.25) is 0 Å². The lowest BCUT2D eigenvalue weighted by atomic mass is 10.1. The van der Waals surface area contributed by atoms with Crippen molar-refractivity contribution in [3.8, 4) is 0 Å². The van der Waals surface area contributed by atoms with Crippen LogP contribution in [0.15, 0.2) is 18.2 Å². The molecule has 0 radical (unpaired) electrons. The number of halogens is 2. The third-order valence-electron chi connectivity index (χ3n) is 3.16. The van der Waals surface area contributed by atoms with Gasteiger partial charge in [0.25, 0.3) is 0 Å². The van der Waals surface area contributed by atoms with E-state index in [1.165, 1.54) is 12.1 Å². The third kappa shape index (κ3) is 3.01. The third-order valence-corrected chi connectivity index (χ3v) is 3.16. The van der Waals surface area contributed by atoms with Crippen LogP contribution < -0.4 is 5.73 Å². The van der Waals surface area contributed by atoms with Crippen LogP contribution in [0.3, 0.4) is 0 Å². The van der Waals surface area contributed by atoms with Crippen LogP contribution in [0.5, 0.6) is 0 Å². The van der Waals surface area contributed by atoms with Gasteiger partial charge in [-0.1, -0.05) is 19.9 Å². The molecule has 0 fully saturated rings. The summed E-state index contributed by atoms with van der Waals surface area (Å²) in [5.41, 5.74) is 6.28. The Bertz CT molecular complexity index is 595. The summed E-state index contributed by atoms with van der Waals surface area (Å²) >= 11 is 0. The number of nitrogens with zero attached hydrogens (tertiary/aromatic N) is 3. The maximum absolute atomic E-state index is 13.7. The summed E-state index contributed by atoms with van der Waals surface area (Å²) in [4.78, 5) is 4.37. The van der Waals surface area contributed by atoms with E-state index in [1.807, 2.05) is 13.8 Å². The molecule has 0 spiro atoms. The highest BCUT2D eigenvalue weighted by atomic mass is 19.1. The number of aryl methyl sites for hydroxylation is 2. The summed E-state index contributed by atoms with van der Waals surface area (Å²) in [6.07, 6.45) is 1.46. The Morgan fingerprint density at radius 1 is 1.25 bits per heavy atom. The van der Waals surface area contributed by atoms with Crippen LogP contribution >= 0.6 is 0 Å². The van der Waals surface area contributed by atoms with Crippen molar-refractivity contribution in [2.45, 2.75) is 39.3 Å². The number of hydrogen-bond donors (Lipinski definition) is 1. The number of hydrogen-bond acceptors (Lipinski definition) is 3. The molecular formula is C14H18F2N4. The minimum Gasteiger partial charge on any atom is -0.322 e. The average Bonchev–Trinajstić information content (AvgIpc) is 2.80. The zero-order valence-corrected chi connectivity index (χ0v) is 11.6. The highest BCUT2D eigenvalue weighted by Gasteiger charge is 2.16. The predicted octanol–water partition coefficient (Wildman–Crippen LogP) is 2.38. The van der Waals surface area contributed by atoms with Gasteiger partial charge in [0.1, 0.15) is 17.5 Å². The second-order valence-electron chi connectivity index (χ2n) is 4.61. The largest absolute Gasteiger partial charge is 0.322 e. The Morgan fingerprint density at radius 3 is 2.60 bits per heavy atom. The first-order valence-corrected chi connectivity index (χ1v) is 6.68. The van der Waals surface area contributed by atoms with Crippen molar-refractivity contribution in [1.29, 1.82) is 0 Å².